The molecular weight excluding hydrogens is 897 g/mol. The summed E-state index contributed by atoms with van der Waals surface area (Å²) in [5.41, 5.74) is 11.4. The molecule has 0 aliphatic heterocycles. The van der Waals surface area contributed by atoms with E-state index in [1.165, 1.54) is 24.3 Å². The SMILES string of the molecule is CC(C)C[C@H](NC(=O)[C@H](CC(C)C)NC(=O)[C@H](CC(C)C)NC(=O)[C@H](Cc1ccc(O)cc1)NC(=O)[C@H](CCCNC(N)=O)NC(=O)[C@@H](NC(=O)[C@H](CC(C)C)NC(=O)[C@@H](N)CO)C(C)C)C(=O)O. The average Bonchev–Trinajstić information content (AvgIpc) is 3.24. The monoisotopic (exact) mass is 977 g/mol. The second-order valence-corrected chi connectivity index (χ2v) is 19.5. The Balaban J connectivity index is 3.63. The maximum absolute atomic E-state index is 14.4. The standard InChI is InChI=1S/C47H80N10O12/c1-24(2)18-33(41(62)53-34(19-25(3)4)42(63)56-37(46(67)68)21-27(7)8)54-43(64)36(22-29-13-15-30(59)16-14-29)55-40(61)32(12-11-17-50-47(49)69)51-45(66)38(28(9)10)57-44(65)35(20-26(5)6)52-39(60)31(48)23-58/h13-16,24-28,31-38,58-59H,11-12,17-23,48H2,1-10H3,(H,51,66)(H,52,60)(H,53,62)(H,54,64)(H,55,61)(H,56,63)(H,57,65)(H,67,68)(H3,49,50,69)/t31-,32-,33-,34-,35-,36-,37-,38-/m0/s1. The maximum atomic E-state index is 14.4. The van der Waals surface area contributed by atoms with Gasteiger partial charge in [0.25, 0.3) is 0 Å². The van der Waals surface area contributed by atoms with E-state index in [-0.39, 0.29) is 80.9 Å². The van der Waals surface area contributed by atoms with Crippen LogP contribution in [0.15, 0.2) is 24.3 Å². The van der Waals surface area contributed by atoms with E-state index in [1.807, 2.05) is 55.4 Å². The van der Waals surface area contributed by atoms with Crippen LogP contribution in [0.25, 0.3) is 0 Å². The molecule has 22 heteroatoms. The molecule has 0 saturated heterocycles. The Morgan fingerprint density at radius 3 is 1.32 bits per heavy atom. The Labute approximate surface area is 405 Å². The fourth-order valence-corrected chi connectivity index (χ4v) is 7.17. The van der Waals surface area contributed by atoms with Gasteiger partial charge in [0.15, 0.2) is 0 Å². The Hall–Kier alpha value is -6.03. The molecule has 9 amide bonds. The Kier molecular flexibility index (Phi) is 26.9. The van der Waals surface area contributed by atoms with E-state index in [0.717, 1.165) is 0 Å². The number of carboxylic acid groups (broad SMARTS) is 1. The molecule has 390 valence electrons. The van der Waals surface area contributed by atoms with Gasteiger partial charge in [0, 0.05) is 13.0 Å². The number of phenols is 1. The molecule has 0 heterocycles. The number of aliphatic carboxylic acids is 1. The number of carbonyl (C=O) groups excluding carboxylic acids is 8. The lowest BCUT2D eigenvalue weighted by Crippen LogP contribution is -2.61. The zero-order valence-electron chi connectivity index (χ0n) is 41.8. The van der Waals surface area contributed by atoms with Crippen molar-refractivity contribution >= 4 is 53.4 Å². The lowest BCUT2D eigenvalue weighted by atomic mass is 9.98. The normalized spacial score (nSPS) is 14.9. The smallest absolute Gasteiger partial charge is 0.326 e. The summed E-state index contributed by atoms with van der Waals surface area (Å²) in [6, 6.07) is -5.14. The number of nitrogens with one attached hydrogen (secondary N) is 8. The first-order chi connectivity index (χ1) is 32.1. The minimum atomic E-state index is -1.42. The third-order valence-corrected chi connectivity index (χ3v) is 10.7. The Bertz CT molecular complexity index is 1860. The molecule has 0 aromatic heterocycles. The molecule has 1 aromatic rings. The molecule has 69 heavy (non-hydrogen) atoms. The Morgan fingerprint density at radius 1 is 0.522 bits per heavy atom. The van der Waals surface area contributed by atoms with Crippen molar-refractivity contribution in [3.63, 3.8) is 0 Å². The molecule has 0 radical (unpaired) electrons. The largest absolute Gasteiger partial charge is 0.508 e. The predicted molar refractivity (Wildman–Crippen MR) is 258 cm³/mol. The van der Waals surface area contributed by atoms with Crippen LogP contribution in [-0.2, 0) is 44.8 Å². The van der Waals surface area contributed by atoms with Crippen LogP contribution in [0.3, 0.4) is 0 Å². The van der Waals surface area contributed by atoms with Gasteiger partial charge in [-0.1, -0.05) is 81.4 Å². The van der Waals surface area contributed by atoms with E-state index in [0.29, 0.717) is 5.56 Å². The number of aliphatic hydroxyl groups excluding tert-OH is 1. The fourth-order valence-electron chi connectivity index (χ4n) is 7.17. The van der Waals surface area contributed by atoms with Gasteiger partial charge in [-0.05, 0) is 85.8 Å². The summed E-state index contributed by atoms with van der Waals surface area (Å²) in [4.78, 5) is 120. The van der Waals surface area contributed by atoms with Crippen LogP contribution in [0.1, 0.15) is 113 Å². The summed E-state index contributed by atoms with van der Waals surface area (Å²) in [5, 5.41) is 50.0. The number of nitrogens with two attached hydrogens (primary N) is 2. The average molecular weight is 977 g/mol. The van der Waals surface area contributed by atoms with Gasteiger partial charge in [0.2, 0.25) is 41.4 Å². The van der Waals surface area contributed by atoms with Gasteiger partial charge in [-0.3, -0.25) is 33.6 Å². The molecular formula is C47H80N10O12. The van der Waals surface area contributed by atoms with Crippen molar-refractivity contribution in [1.29, 1.82) is 0 Å². The van der Waals surface area contributed by atoms with Crippen LogP contribution in [0.4, 0.5) is 4.79 Å². The molecule has 8 atom stereocenters. The lowest BCUT2D eigenvalue weighted by Gasteiger charge is -2.29. The zero-order valence-corrected chi connectivity index (χ0v) is 41.8. The zero-order chi connectivity index (χ0) is 52.7. The van der Waals surface area contributed by atoms with Crippen molar-refractivity contribution in [2.75, 3.05) is 13.2 Å². The maximum Gasteiger partial charge on any atom is 0.326 e. The number of benzene rings is 1. The van der Waals surface area contributed by atoms with E-state index in [2.05, 4.69) is 42.5 Å². The molecule has 1 aromatic carbocycles. The molecule has 0 saturated carbocycles. The number of urea groups is 1. The summed E-state index contributed by atoms with van der Waals surface area (Å²) in [6.07, 6.45) is 0.366. The van der Waals surface area contributed by atoms with Gasteiger partial charge in [-0.2, -0.15) is 0 Å². The van der Waals surface area contributed by atoms with E-state index in [4.69, 9.17) is 11.5 Å². The lowest BCUT2D eigenvalue weighted by molar-refractivity contribution is -0.143. The van der Waals surface area contributed by atoms with E-state index in [9.17, 15) is 58.5 Å². The number of aromatic hydroxyl groups is 1. The molecule has 0 fully saturated rings. The molecule has 0 spiro atoms. The summed E-state index contributed by atoms with van der Waals surface area (Å²) in [7, 11) is 0. The topological polar surface area (TPSA) is 363 Å². The molecule has 0 bridgehead atoms. The number of rotatable bonds is 31. The van der Waals surface area contributed by atoms with Crippen LogP contribution in [0.5, 0.6) is 5.75 Å². The second kappa shape index (κ2) is 30.5. The molecule has 0 unspecified atom stereocenters. The predicted octanol–water partition coefficient (Wildman–Crippen LogP) is 0.0214. The minimum Gasteiger partial charge on any atom is -0.508 e. The highest BCUT2D eigenvalue weighted by Gasteiger charge is 2.36. The third kappa shape index (κ3) is 23.7. The first-order valence-electron chi connectivity index (χ1n) is 23.7. The molecule has 0 aliphatic carbocycles. The van der Waals surface area contributed by atoms with E-state index >= 15 is 0 Å². The number of amides is 9. The van der Waals surface area contributed by atoms with Crippen molar-refractivity contribution < 1.29 is 58.5 Å². The summed E-state index contributed by atoms with van der Waals surface area (Å²) in [5.74, 6) is -7.72. The highest BCUT2D eigenvalue weighted by molar-refractivity contribution is 5.97. The number of hydrogen-bond donors (Lipinski definition) is 13. The molecule has 1 rings (SSSR count). The van der Waals surface area contributed by atoms with Crippen LogP contribution in [0.2, 0.25) is 0 Å². The second-order valence-electron chi connectivity index (χ2n) is 19.5. The number of phenolic OH excluding ortho intramolecular Hbond substituents is 1. The third-order valence-electron chi connectivity index (χ3n) is 10.7. The highest BCUT2D eigenvalue weighted by Crippen LogP contribution is 2.15. The van der Waals surface area contributed by atoms with Crippen molar-refractivity contribution in [2.24, 2.45) is 41.1 Å². The van der Waals surface area contributed by atoms with Gasteiger partial charge in [0.05, 0.1) is 6.61 Å². The fraction of sp³-hybridized carbons (Fsp3) is 0.681. The van der Waals surface area contributed by atoms with E-state index < -0.39 is 114 Å². The van der Waals surface area contributed by atoms with Crippen molar-refractivity contribution in [3.8, 4) is 5.75 Å². The molecule has 0 aliphatic rings. The number of carboxylic acids is 1. The van der Waals surface area contributed by atoms with Gasteiger partial charge in [-0.25, -0.2) is 9.59 Å². The highest BCUT2D eigenvalue weighted by atomic mass is 16.4. The first kappa shape index (κ1) is 61.0. The number of primary amides is 1. The van der Waals surface area contributed by atoms with Gasteiger partial charge < -0.3 is 69.3 Å². The summed E-state index contributed by atoms with van der Waals surface area (Å²) >= 11 is 0. The van der Waals surface area contributed by atoms with Crippen molar-refractivity contribution in [2.45, 2.75) is 163 Å². The first-order valence-corrected chi connectivity index (χ1v) is 23.7. The van der Waals surface area contributed by atoms with Crippen LogP contribution >= 0.6 is 0 Å². The Morgan fingerprint density at radius 2 is 0.899 bits per heavy atom. The van der Waals surface area contributed by atoms with Crippen molar-refractivity contribution in [1.82, 2.24) is 42.5 Å². The van der Waals surface area contributed by atoms with Crippen molar-refractivity contribution in [3.05, 3.63) is 29.8 Å². The quantitative estimate of drug-likeness (QED) is 0.0437. The number of hydrogen-bond acceptors (Lipinski definition) is 12. The number of aliphatic hydroxyl groups is 1. The summed E-state index contributed by atoms with van der Waals surface area (Å²) < 4.78 is 0. The van der Waals surface area contributed by atoms with Gasteiger partial charge >= 0.3 is 12.0 Å². The van der Waals surface area contributed by atoms with Crippen LogP contribution in [0, 0.1) is 29.6 Å². The summed E-state index contributed by atoms with van der Waals surface area (Å²) in [6.45, 7) is 17.1. The molecule has 22 nitrogen and oxygen atoms in total. The van der Waals surface area contributed by atoms with Crippen LogP contribution in [-0.4, -0.2) is 130 Å². The van der Waals surface area contributed by atoms with Gasteiger partial charge in [0.1, 0.15) is 54.1 Å². The van der Waals surface area contributed by atoms with Crippen LogP contribution < -0.4 is 54.0 Å². The van der Waals surface area contributed by atoms with E-state index in [1.54, 1.807) is 13.8 Å². The minimum absolute atomic E-state index is 0.000179. The number of carbonyl (C=O) groups is 9. The van der Waals surface area contributed by atoms with Gasteiger partial charge in [-0.15, -0.1) is 0 Å². The molecule has 15 N–H and O–H groups in total.